The Morgan fingerprint density at radius 2 is 1.67 bits per heavy atom. The molecule has 9 nitrogen and oxygen atoms in total. The van der Waals surface area contributed by atoms with Crippen molar-refractivity contribution in [1.29, 1.82) is 0 Å². The SMILES string of the molecule is CCCc1nc(SCC(=O)c2cc(C)n(-c3cc(C(=O)OC)cc(C(=O)OC)c3)c2C)n[nH]1. The number of hydrogen-bond donors (Lipinski definition) is 1. The Hall–Kier alpha value is -3.40. The number of aryl methyl sites for hydroxylation is 2. The fourth-order valence-corrected chi connectivity index (χ4v) is 4.25. The number of thioether (sulfide) groups is 1. The van der Waals surface area contributed by atoms with Gasteiger partial charge in [-0.25, -0.2) is 14.6 Å². The molecule has 0 unspecified atom stereocenters. The number of carbonyl (C=O) groups is 3. The summed E-state index contributed by atoms with van der Waals surface area (Å²) in [7, 11) is 2.54. The zero-order chi connectivity index (χ0) is 24.1. The number of hydrogen-bond acceptors (Lipinski definition) is 8. The molecular weight excluding hydrogens is 444 g/mol. The van der Waals surface area contributed by atoms with Gasteiger partial charge in [0.2, 0.25) is 5.16 Å². The molecule has 1 N–H and O–H groups in total. The molecule has 0 fully saturated rings. The minimum Gasteiger partial charge on any atom is -0.465 e. The van der Waals surface area contributed by atoms with Crippen LogP contribution < -0.4 is 0 Å². The Morgan fingerprint density at radius 3 is 2.24 bits per heavy atom. The first kappa shape index (κ1) is 24.2. The van der Waals surface area contributed by atoms with Crippen LogP contribution in [0.15, 0.2) is 29.4 Å². The predicted molar refractivity (Wildman–Crippen MR) is 123 cm³/mol. The molecule has 0 saturated heterocycles. The van der Waals surface area contributed by atoms with E-state index in [1.807, 2.05) is 18.4 Å². The number of aromatic nitrogens is 4. The van der Waals surface area contributed by atoms with Crippen LogP contribution in [0.4, 0.5) is 0 Å². The summed E-state index contributed by atoms with van der Waals surface area (Å²) in [5, 5.41) is 7.56. The zero-order valence-corrected chi connectivity index (χ0v) is 20.0. The number of esters is 2. The van der Waals surface area contributed by atoms with Gasteiger partial charge < -0.3 is 14.0 Å². The quantitative estimate of drug-likeness (QED) is 0.286. The highest BCUT2D eigenvalue weighted by atomic mass is 32.2. The number of benzene rings is 1. The molecule has 10 heteroatoms. The molecular formula is C23H26N4O5S. The molecule has 0 radical (unpaired) electrons. The largest absolute Gasteiger partial charge is 0.465 e. The standard InChI is InChI=1S/C23H26N4O5S/c1-6-7-20-24-23(26-25-20)33-12-19(28)18-8-13(2)27(14(18)3)17-10-15(21(29)31-4)9-16(11-17)22(30)32-5/h8-11H,6-7,12H2,1-5H3,(H,24,25,26). The van der Waals surface area contributed by atoms with Gasteiger partial charge in [0, 0.05) is 29.1 Å². The third-order valence-electron chi connectivity index (χ3n) is 5.08. The third kappa shape index (κ3) is 5.33. The van der Waals surface area contributed by atoms with Gasteiger partial charge >= 0.3 is 11.9 Å². The van der Waals surface area contributed by atoms with Crippen molar-refractivity contribution >= 4 is 29.5 Å². The lowest BCUT2D eigenvalue weighted by molar-refractivity contribution is 0.0599. The molecule has 0 amide bonds. The first-order valence-electron chi connectivity index (χ1n) is 10.4. The molecule has 1 aromatic carbocycles. The van der Waals surface area contributed by atoms with Crippen molar-refractivity contribution in [3.8, 4) is 5.69 Å². The van der Waals surface area contributed by atoms with Crippen LogP contribution in [-0.4, -0.2) is 57.4 Å². The van der Waals surface area contributed by atoms with Gasteiger partial charge in [-0.1, -0.05) is 18.7 Å². The van der Waals surface area contributed by atoms with Crippen LogP contribution in [0.1, 0.15) is 61.6 Å². The molecule has 0 aliphatic rings. The lowest BCUT2D eigenvalue weighted by Gasteiger charge is -2.13. The Kier molecular flexibility index (Phi) is 7.70. The van der Waals surface area contributed by atoms with Gasteiger partial charge in [0.1, 0.15) is 5.82 Å². The molecule has 3 aromatic rings. The summed E-state index contributed by atoms with van der Waals surface area (Å²) in [6, 6.07) is 6.44. The minimum atomic E-state index is -0.578. The number of rotatable bonds is 9. The van der Waals surface area contributed by atoms with E-state index in [2.05, 4.69) is 22.1 Å². The van der Waals surface area contributed by atoms with E-state index in [1.54, 1.807) is 18.2 Å². The molecule has 33 heavy (non-hydrogen) atoms. The molecule has 0 spiro atoms. The van der Waals surface area contributed by atoms with Gasteiger partial charge in [0.05, 0.1) is 31.1 Å². The number of Topliss-reactive ketones (excluding diaryl/α,β-unsaturated/α-hetero) is 1. The maximum atomic E-state index is 13.0. The number of nitrogens with zero attached hydrogens (tertiary/aromatic N) is 3. The van der Waals surface area contributed by atoms with Crippen LogP contribution in [0.3, 0.4) is 0 Å². The number of methoxy groups -OCH3 is 2. The summed E-state index contributed by atoms with van der Waals surface area (Å²) in [5.74, 6) is -0.239. The van der Waals surface area contributed by atoms with Crippen LogP contribution in [0.5, 0.6) is 0 Å². The topological polar surface area (TPSA) is 116 Å². The van der Waals surface area contributed by atoms with Gasteiger partial charge in [0.15, 0.2) is 5.78 Å². The average Bonchev–Trinajstić information content (AvgIpc) is 3.39. The lowest BCUT2D eigenvalue weighted by Crippen LogP contribution is -2.10. The second-order valence-corrected chi connectivity index (χ2v) is 8.34. The number of H-pyrrole nitrogens is 1. The van der Waals surface area contributed by atoms with E-state index in [0.717, 1.165) is 24.4 Å². The maximum Gasteiger partial charge on any atom is 0.337 e. The molecule has 2 heterocycles. The Bertz CT molecular complexity index is 1160. The number of aromatic amines is 1. The molecule has 0 aliphatic carbocycles. The van der Waals surface area contributed by atoms with E-state index >= 15 is 0 Å². The minimum absolute atomic E-state index is 0.0708. The third-order valence-corrected chi connectivity index (χ3v) is 5.93. The van der Waals surface area contributed by atoms with Crippen LogP contribution in [0.25, 0.3) is 5.69 Å². The molecule has 174 valence electrons. The summed E-state index contributed by atoms with van der Waals surface area (Å²) >= 11 is 1.27. The number of nitrogens with one attached hydrogen (secondary N) is 1. The highest BCUT2D eigenvalue weighted by Crippen LogP contribution is 2.25. The van der Waals surface area contributed by atoms with Crippen molar-refractivity contribution in [2.75, 3.05) is 20.0 Å². The predicted octanol–water partition coefficient (Wildman–Crippen LogP) is 3.71. The van der Waals surface area contributed by atoms with E-state index in [-0.39, 0.29) is 22.7 Å². The lowest BCUT2D eigenvalue weighted by atomic mass is 10.1. The van der Waals surface area contributed by atoms with Gasteiger partial charge in [-0.15, -0.1) is 5.10 Å². The normalized spacial score (nSPS) is 10.8. The van der Waals surface area contributed by atoms with E-state index in [0.29, 0.717) is 22.1 Å². The van der Waals surface area contributed by atoms with Crippen LogP contribution in [0.2, 0.25) is 0 Å². The Balaban J connectivity index is 1.91. The van der Waals surface area contributed by atoms with Crippen molar-refractivity contribution in [3.05, 3.63) is 58.2 Å². The average molecular weight is 471 g/mol. The van der Waals surface area contributed by atoms with Crippen LogP contribution in [0, 0.1) is 13.8 Å². The van der Waals surface area contributed by atoms with Gasteiger partial charge in [-0.2, -0.15) is 0 Å². The van der Waals surface area contributed by atoms with Crippen molar-refractivity contribution < 1.29 is 23.9 Å². The van der Waals surface area contributed by atoms with Crippen molar-refractivity contribution in [2.24, 2.45) is 0 Å². The first-order valence-corrected chi connectivity index (χ1v) is 11.4. The van der Waals surface area contributed by atoms with E-state index in [9.17, 15) is 14.4 Å². The van der Waals surface area contributed by atoms with Gasteiger partial charge in [0.25, 0.3) is 0 Å². The summed E-state index contributed by atoms with van der Waals surface area (Å²) in [6.45, 7) is 5.73. The van der Waals surface area contributed by atoms with E-state index < -0.39 is 11.9 Å². The highest BCUT2D eigenvalue weighted by Gasteiger charge is 2.20. The summed E-state index contributed by atoms with van der Waals surface area (Å²) in [6.07, 6.45) is 1.76. The Labute approximate surface area is 195 Å². The molecule has 0 aliphatic heterocycles. The number of carbonyl (C=O) groups excluding carboxylic acids is 3. The Morgan fingerprint density at radius 1 is 1.03 bits per heavy atom. The summed E-state index contributed by atoms with van der Waals surface area (Å²) in [4.78, 5) is 41.6. The second-order valence-electron chi connectivity index (χ2n) is 7.40. The smallest absolute Gasteiger partial charge is 0.337 e. The highest BCUT2D eigenvalue weighted by molar-refractivity contribution is 7.99. The maximum absolute atomic E-state index is 13.0. The molecule has 0 bridgehead atoms. The number of ether oxygens (including phenoxy) is 2. The summed E-state index contributed by atoms with van der Waals surface area (Å²) in [5.41, 5.74) is 2.99. The fraction of sp³-hybridized carbons (Fsp3) is 0.348. The van der Waals surface area contributed by atoms with Crippen molar-refractivity contribution in [3.63, 3.8) is 0 Å². The van der Waals surface area contributed by atoms with Gasteiger partial charge in [-0.3, -0.25) is 9.89 Å². The van der Waals surface area contributed by atoms with Crippen LogP contribution >= 0.6 is 11.8 Å². The monoisotopic (exact) mass is 470 g/mol. The fourth-order valence-electron chi connectivity index (χ4n) is 3.55. The summed E-state index contributed by atoms with van der Waals surface area (Å²) < 4.78 is 11.5. The number of ketones is 1. The first-order chi connectivity index (χ1) is 15.8. The molecule has 0 saturated carbocycles. The van der Waals surface area contributed by atoms with Crippen LogP contribution in [-0.2, 0) is 15.9 Å². The molecule has 2 aromatic heterocycles. The van der Waals surface area contributed by atoms with Gasteiger partial charge in [-0.05, 0) is 44.5 Å². The van der Waals surface area contributed by atoms with Crippen molar-refractivity contribution in [2.45, 2.75) is 38.8 Å². The van der Waals surface area contributed by atoms with E-state index in [4.69, 9.17) is 9.47 Å². The van der Waals surface area contributed by atoms with E-state index in [1.165, 1.54) is 32.0 Å². The van der Waals surface area contributed by atoms with Crippen molar-refractivity contribution in [1.82, 2.24) is 19.7 Å². The second kappa shape index (κ2) is 10.5. The molecule has 3 rings (SSSR count). The molecule has 0 atom stereocenters. The zero-order valence-electron chi connectivity index (χ0n) is 19.2.